The Kier molecular flexibility index (Phi) is 8.46. The summed E-state index contributed by atoms with van der Waals surface area (Å²) in [5.74, 6) is -0.243. The molecule has 5 heteroatoms. The largest absolute Gasteiger partial charge is 0.355 e. The highest BCUT2D eigenvalue weighted by molar-refractivity contribution is 6.30. The molecule has 0 spiro atoms. The second kappa shape index (κ2) is 11.5. The van der Waals surface area contributed by atoms with Crippen LogP contribution in [0.2, 0.25) is 5.02 Å². The van der Waals surface area contributed by atoms with Crippen molar-refractivity contribution in [3.8, 4) is 0 Å². The van der Waals surface area contributed by atoms with Gasteiger partial charge in [-0.2, -0.15) is 0 Å². The molecule has 0 fully saturated rings. The second-order valence-electron chi connectivity index (χ2n) is 7.91. The minimum absolute atomic E-state index is 0.0971. The molecule has 0 aliphatic rings. The van der Waals surface area contributed by atoms with Gasteiger partial charge < -0.3 is 10.2 Å². The number of likely N-dealkylation sites (N-methyl/N-ethyl adjacent to an activating group) is 1. The van der Waals surface area contributed by atoms with Crippen molar-refractivity contribution in [1.29, 1.82) is 0 Å². The van der Waals surface area contributed by atoms with E-state index >= 15 is 0 Å². The molecule has 4 nitrogen and oxygen atoms in total. The molecular formula is C27H29ClN2O2. The Bertz CT molecular complexity index is 1020. The summed E-state index contributed by atoms with van der Waals surface area (Å²) in [5, 5.41) is 3.54. The lowest BCUT2D eigenvalue weighted by atomic mass is 10.0. The summed E-state index contributed by atoms with van der Waals surface area (Å²) in [5.41, 5.74) is 4.01. The van der Waals surface area contributed by atoms with Gasteiger partial charge in [0.1, 0.15) is 6.04 Å². The Morgan fingerprint density at radius 2 is 1.50 bits per heavy atom. The van der Waals surface area contributed by atoms with Crippen LogP contribution in [0.4, 0.5) is 0 Å². The van der Waals surface area contributed by atoms with Crippen LogP contribution in [0.15, 0.2) is 78.9 Å². The Morgan fingerprint density at radius 3 is 2.12 bits per heavy atom. The fraction of sp³-hybridized carbons (Fsp3) is 0.259. The molecule has 1 atom stereocenters. The number of carbonyl (C=O) groups is 2. The lowest BCUT2D eigenvalue weighted by molar-refractivity contribution is -0.140. The van der Waals surface area contributed by atoms with Crippen molar-refractivity contribution in [2.24, 2.45) is 0 Å². The highest BCUT2D eigenvalue weighted by Crippen LogP contribution is 2.18. The van der Waals surface area contributed by atoms with Gasteiger partial charge in [-0.05, 0) is 42.7 Å². The van der Waals surface area contributed by atoms with Crippen LogP contribution in [-0.4, -0.2) is 29.3 Å². The van der Waals surface area contributed by atoms with Crippen LogP contribution in [0.25, 0.3) is 0 Å². The van der Waals surface area contributed by atoms with Crippen molar-refractivity contribution in [1.82, 2.24) is 10.2 Å². The van der Waals surface area contributed by atoms with Gasteiger partial charge in [-0.25, -0.2) is 0 Å². The predicted molar refractivity (Wildman–Crippen MR) is 130 cm³/mol. The summed E-state index contributed by atoms with van der Waals surface area (Å²) in [7, 11) is 0. The van der Waals surface area contributed by atoms with Crippen LogP contribution in [-0.2, 0) is 29.0 Å². The number of hydrogen-bond acceptors (Lipinski definition) is 2. The van der Waals surface area contributed by atoms with Gasteiger partial charge in [0.2, 0.25) is 11.8 Å². The van der Waals surface area contributed by atoms with Crippen molar-refractivity contribution >= 4 is 23.4 Å². The van der Waals surface area contributed by atoms with Crippen LogP contribution < -0.4 is 5.32 Å². The zero-order chi connectivity index (χ0) is 22.9. The van der Waals surface area contributed by atoms with Crippen LogP contribution in [0, 0.1) is 6.92 Å². The highest BCUT2D eigenvalue weighted by Gasteiger charge is 2.30. The van der Waals surface area contributed by atoms with Gasteiger partial charge in [0.15, 0.2) is 0 Å². The third kappa shape index (κ3) is 6.69. The molecule has 0 saturated carbocycles. The number of amides is 2. The van der Waals surface area contributed by atoms with Crippen molar-refractivity contribution in [2.75, 3.05) is 6.54 Å². The molecule has 0 aromatic heterocycles. The number of aryl methyl sites for hydroxylation is 1. The molecule has 0 aliphatic carbocycles. The molecule has 0 radical (unpaired) electrons. The van der Waals surface area contributed by atoms with Crippen molar-refractivity contribution < 1.29 is 9.59 Å². The molecule has 0 unspecified atom stereocenters. The third-order valence-corrected chi connectivity index (χ3v) is 5.62. The van der Waals surface area contributed by atoms with Crippen molar-refractivity contribution in [2.45, 2.75) is 39.3 Å². The molecule has 2 amide bonds. The lowest BCUT2D eigenvalue weighted by Gasteiger charge is -2.31. The first-order valence-electron chi connectivity index (χ1n) is 10.9. The topological polar surface area (TPSA) is 49.4 Å². The first-order chi connectivity index (χ1) is 15.5. The molecule has 32 heavy (non-hydrogen) atoms. The normalized spacial score (nSPS) is 11.6. The highest BCUT2D eigenvalue weighted by atomic mass is 35.5. The maximum atomic E-state index is 13.5. The van der Waals surface area contributed by atoms with E-state index in [1.54, 1.807) is 17.0 Å². The average molecular weight is 449 g/mol. The summed E-state index contributed by atoms with van der Waals surface area (Å²) >= 11 is 6.00. The summed E-state index contributed by atoms with van der Waals surface area (Å²) in [6.45, 7) is 4.78. The van der Waals surface area contributed by atoms with Crippen LogP contribution in [0.1, 0.15) is 29.2 Å². The summed E-state index contributed by atoms with van der Waals surface area (Å²) in [6, 6.07) is 24.5. The fourth-order valence-electron chi connectivity index (χ4n) is 3.61. The number of benzene rings is 3. The minimum atomic E-state index is -0.613. The summed E-state index contributed by atoms with van der Waals surface area (Å²) in [4.78, 5) is 28.3. The zero-order valence-corrected chi connectivity index (χ0v) is 19.3. The summed E-state index contributed by atoms with van der Waals surface area (Å²) < 4.78 is 0. The van der Waals surface area contributed by atoms with Crippen LogP contribution in [0.5, 0.6) is 0 Å². The van der Waals surface area contributed by atoms with E-state index in [1.165, 1.54) is 0 Å². The molecule has 3 aromatic rings. The maximum Gasteiger partial charge on any atom is 0.243 e. The van der Waals surface area contributed by atoms with Gasteiger partial charge in [-0.3, -0.25) is 9.59 Å². The van der Waals surface area contributed by atoms with E-state index in [0.717, 1.165) is 22.3 Å². The van der Waals surface area contributed by atoms with Crippen LogP contribution in [0.3, 0.4) is 0 Å². The van der Waals surface area contributed by atoms with E-state index in [2.05, 4.69) is 5.32 Å². The molecule has 1 N–H and O–H groups in total. The van der Waals surface area contributed by atoms with Crippen LogP contribution >= 0.6 is 11.6 Å². The Hall–Kier alpha value is -3.11. The van der Waals surface area contributed by atoms with E-state index in [0.29, 0.717) is 24.5 Å². The van der Waals surface area contributed by atoms with Gasteiger partial charge in [0.05, 0.1) is 6.42 Å². The van der Waals surface area contributed by atoms with Crippen molar-refractivity contribution in [3.63, 3.8) is 0 Å². The van der Waals surface area contributed by atoms with Gasteiger partial charge in [0, 0.05) is 24.5 Å². The molecule has 0 heterocycles. The molecular weight excluding hydrogens is 420 g/mol. The molecule has 3 aromatic carbocycles. The zero-order valence-electron chi connectivity index (χ0n) is 18.6. The van der Waals surface area contributed by atoms with Gasteiger partial charge in [-0.1, -0.05) is 83.9 Å². The van der Waals surface area contributed by atoms with Gasteiger partial charge >= 0.3 is 0 Å². The monoisotopic (exact) mass is 448 g/mol. The molecule has 0 aliphatic heterocycles. The number of nitrogens with zero attached hydrogens (tertiary/aromatic N) is 1. The number of hydrogen-bond donors (Lipinski definition) is 1. The van der Waals surface area contributed by atoms with E-state index < -0.39 is 6.04 Å². The van der Waals surface area contributed by atoms with E-state index in [-0.39, 0.29) is 18.2 Å². The average Bonchev–Trinajstić information content (AvgIpc) is 2.79. The van der Waals surface area contributed by atoms with Gasteiger partial charge in [-0.15, -0.1) is 0 Å². The summed E-state index contributed by atoms with van der Waals surface area (Å²) in [6.07, 6.45) is 0.651. The Morgan fingerprint density at radius 1 is 0.875 bits per heavy atom. The first-order valence-corrected chi connectivity index (χ1v) is 11.2. The SMILES string of the molecule is CCNC(=O)[C@@H](Cc1ccccc1)N(Cc1ccc(C)cc1)C(=O)Cc1ccc(Cl)cc1. The molecule has 166 valence electrons. The molecule has 3 rings (SSSR count). The second-order valence-corrected chi connectivity index (χ2v) is 8.35. The smallest absolute Gasteiger partial charge is 0.243 e. The maximum absolute atomic E-state index is 13.5. The fourth-order valence-corrected chi connectivity index (χ4v) is 3.74. The van der Waals surface area contributed by atoms with E-state index in [4.69, 9.17) is 11.6 Å². The van der Waals surface area contributed by atoms with Crippen molar-refractivity contribution in [3.05, 3.63) is 106 Å². The number of rotatable bonds is 9. The minimum Gasteiger partial charge on any atom is -0.355 e. The molecule has 0 saturated heterocycles. The lowest BCUT2D eigenvalue weighted by Crippen LogP contribution is -2.50. The Balaban J connectivity index is 1.93. The van der Waals surface area contributed by atoms with E-state index in [9.17, 15) is 9.59 Å². The van der Waals surface area contributed by atoms with Gasteiger partial charge in [0.25, 0.3) is 0 Å². The van der Waals surface area contributed by atoms with E-state index in [1.807, 2.05) is 80.6 Å². The number of nitrogens with one attached hydrogen (secondary N) is 1. The standard InChI is InChI=1S/C27H29ClN2O2/c1-3-29-27(32)25(17-21-7-5-4-6-8-21)30(19-23-11-9-20(2)10-12-23)26(31)18-22-13-15-24(28)16-14-22/h4-16,25H,3,17-19H2,1-2H3,(H,29,32)/t25-/m1/s1. The number of carbonyl (C=O) groups excluding carboxylic acids is 2. The Labute approximate surface area is 195 Å². The predicted octanol–water partition coefficient (Wildman–Crippen LogP) is 4.97. The number of halogens is 1. The molecule has 0 bridgehead atoms. The first kappa shape index (κ1) is 23.6. The third-order valence-electron chi connectivity index (χ3n) is 5.36. The quantitative estimate of drug-likeness (QED) is 0.502.